The standard InChI is InChI=1S/C16H17N5O2S/c1-10(2)18-13(22)9-24-16-19-14-12(15(23)20-16)8-17-21(14)11-6-4-3-5-7-11/h3-8,10H,9H2,1-2H3,(H,18,22)(H,19,20,23). The van der Waals surface area contributed by atoms with Crippen LogP contribution < -0.4 is 10.9 Å². The van der Waals surface area contributed by atoms with Crippen LogP contribution in [0.2, 0.25) is 0 Å². The molecule has 0 saturated carbocycles. The van der Waals surface area contributed by atoms with Gasteiger partial charge in [0.05, 0.1) is 17.6 Å². The third-order valence-electron chi connectivity index (χ3n) is 3.21. The number of thioether (sulfide) groups is 1. The van der Waals surface area contributed by atoms with Crippen molar-refractivity contribution in [1.82, 2.24) is 25.1 Å². The number of fused-ring (bicyclic) bond motifs is 1. The van der Waals surface area contributed by atoms with Crippen LogP contribution in [0.5, 0.6) is 0 Å². The molecule has 0 radical (unpaired) electrons. The van der Waals surface area contributed by atoms with Gasteiger partial charge >= 0.3 is 0 Å². The van der Waals surface area contributed by atoms with E-state index in [1.165, 1.54) is 18.0 Å². The molecule has 0 saturated heterocycles. The molecule has 2 aromatic heterocycles. The summed E-state index contributed by atoms with van der Waals surface area (Å²) in [5, 5.41) is 7.85. The van der Waals surface area contributed by atoms with Gasteiger partial charge in [-0.05, 0) is 26.0 Å². The first-order chi connectivity index (χ1) is 11.5. The molecule has 0 aliphatic rings. The van der Waals surface area contributed by atoms with Crippen molar-refractivity contribution >= 4 is 28.7 Å². The number of para-hydroxylation sites is 1. The van der Waals surface area contributed by atoms with Gasteiger partial charge in [-0.1, -0.05) is 30.0 Å². The zero-order valence-corrected chi connectivity index (χ0v) is 14.1. The lowest BCUT2D eigenvalue weighted by atomic mass is 10.3. The number of amides is 1. The first-order valence-electron chi connectivity index (χ1n) is 7.50. The van der Waals surface area contributed by atoms with Crippen LogP contribution in [0.4, 0.5) is 0 Å². The average Bonchev–Trinajstić information content (AvgIpc) is 2.97. The van der Waals surface area contributed by atoms with E-state index in [-0.39, 0.29) is 23.3 Å². The molecule has 7 nitrogen and oxygen atoms in total. The predicted octanol–water partition coefficient (Wildman–Crippen LogP) is 1.73. The minimum Gasteiger partial charge on any atom is -0.353 e. The van der Waals surface area contributed by atoms with Crippen molar-refractivity contribution in [2.24, 2.45) is 0 Å². The Morgan fingerprint density at radius 1 is 1.33 bits per heavy atom. The Kier molecular flexibility index (Phi) is 4.66. The van der Waals surface area contributed by atoms with Gasteiger partial charge in [-0.2, -0.15) is 5.10 Å². The van der Waals surface area contributed by atoms with Crippen LogP contribution in [0.15, 0.2) is 46.5 Å². The van der Waals surface area contributed by atoms with E-state index in [1.807, 2.05) is 44.2 Å². The van der Waals surface area contributed by atoms with E-state index in [4.69, 9.17) is 0 Å². The first-order valence-corrected chi connectivity index (χ1v) is 8.49. The topological polar surface area (TPSA) is 92.7 Å². The Labute approximate surface area is 142 Å². The summed E-state index contributed by atoms with van der Waals surface area (Å²) in [6, 6.07) is 9.54. The molecule has 1 amide bonds. The van der Waals surface area contributed by atoms with E-state index in [0.29, 0.717) is 16.2 Å². The lowest BCUT2D eigenvalue weighted by molar-refractivity contribution is -0.119. The minimum atomic E-state index is -0.269. The quantitative estimate of drug-likeness (QED) is 0.544. The highest BCUT2D eigenvalue weighted by Gasteiger charge is 2.13. The van der Waals surface area contributed by atoms with Crippen LogP contribution in [0.1, 0.15) is 13.8 Å². The van der Waals surface area contributed by atoms with Gasteiger partial charge < -0.3 is 10.3 Å². The third-order valence-corrected chi connectivity index (χ3v) is 4.08. The minimum absolute atomic E-state index is 0.0760. The molecular weight excluding hydrogens is 326 g/mol. The van der Waals surface area contributed by atoms with Gasteiger partial charge in [0.1, 0.15) is 5.39 Å². The lowest BCUT2D eigenvalue weighted by Crippen LogP contribution is -2.31. The van der Waals surface area contributed by atoms with Gasteiger partial charge in [-0.15, -0.1) is 0 Å². The fraction of sp³-hybridized carbons (Fsp3) is 0.250. The monoisotopic (exact) mass is 343 g/mol. The zero-order chi connectivity index (χ0) is 17.1. The van der Waals surface area contributed by atoms with Crippen molar-refractivity contribution < 1.29 is 4.79 Å². The summed E-state index contributed by atoms with van der Waals surface area (Å²) in [7, 11) is 0. The molecule has 0 aliphatic heterocycles. The normalized spacial score (nSPS) is 11.1. The number of carbonyl (C=O) groups excluding carboxylic acids is 1. The second-order valence-electron chi connectivity index (χ2n) is 5.51. The van der Waals surface area contributed by atoms with E-state index >= 15 is 0 Å². The van der Waals surface area contributed by atoms with Gasteiger partial charge in [-0.3, -0.25) is 9.59 Å². The molecule has 8 heteroatoms. The average molecular weight is 343 g/mol. The molecule has 0 spiro atoms. The number of rotatable bonds is 5. The lowest BCUT2D eigenvalue weighted by Gasteiger charge is -2.07. The van der Waals surface area contributed by atoms with Crippen LogP contribution in [0.3, 0.4) is 0 Å². The van der Waals surface area contributed by atoms with Gasteiger partial charge in [0.25, 0.3) is 5.56 Å². The summed E-state index contributed by atoms with van der Waals surface area (Å²) in [5.41, 5.74) is 1.02. The van der Waals surface area contributed by atoms with Crippen molar-refractivity contribution in [1.29, 1.82) is 0 Å². The SMILES string of the molecule is CC(C)NC(=O)CSc1nc2c(cnn2-c2ccccc2)c(=O)[nH]1. The Morgan fingerprint density at radius 2 is 2.08 bits per heavy atom. The largest absolute Gasteiger partial charge is 0.353 e. The van der Waals surface area contributed by atoms with E-state index < -0.39 is 0 Å². The number of H-pyrrole nitrogens is 1. The molecule has 2 heterocycles. The molecule has 2 N–H and O–H groups in total. The second-order valence-corrected chi connectivity index (χ2v) is 6.48. The van der Waals surface area contributed by atoms with Gasteiger partial charge in [0.15, 0.2) is 10.8 Å². The number of carbonyl (C=O) groups is 1. The molecule has 0 unspecified atom stereocenters. The Hall–Kier alpha value is -2.61. The third kappa shape index (κ3) is 3.48. The van der Waals surface area contributed by atoms with Crippen molar-refractivity contribution in [3.63, 3.8) is 0 Å². The van der Waals surface area contributed by atoms with Crippen LogP contribution in [0, 0.1) is 0 Å². The Morgan fingerprint density at radius 3 is 2.79 bits per heavy atom. The Balaban J connectivity index is 1.91. The van der Waals surface area contributed by atoms with Gasteiger partial charge in [0.2, 0.25) is 5.91 Å². The highest BCUT2D eigenvalue weighted by molar-refractivity contribution is 7.99. The molecule has 0 atom stereocenters. The van der Waals surface area contributed by atoms with E-state index in [1.54, 1.807) is 4.68 Å². The maximum atomic E-state index is 12.2. The van der Waals surface area contributed by atoms with E-state index in [0.717, 1.165) is 5.69 Å². The summed E-state index contributed by atoms with van der Waals surface area (Å²) >= 11 is 1.19. The number of aromatic amines is 1. The highest BCUT2D eigenvalue weighted by atomic mass is 32.2. The molecule has 124 valence electrons. The summed E-state index contributed by atoms with van der Waals surface area (Å²) < 4.78 is 1.61. The number of hydrogen-bond donors (Lipinski definition) is 2. The van der Waals surface area contributed by atoms with E-state index in [9.17, 15) is 9.59 Å². The number of nitrogens with one attached hydrogen (secondary N) is 2. The van der Waals surface area contributed by atoms with Gasteiger partial charge in [0, 0.05) is 6.04 Å². The predicted molar refractivity (Wildman–Crippen MR) is 93.5 cm³/mol. The van der Waals surface area contributed by atoms with Crippen molar-refractivity contribution in [3.8, 4) is 5.69 Å². The molecule has 0 aliphatic carbocycles. The molecule has 1 aromatic carbocycles. The maximum absolute atomic E-state index is 12.2. The van der Waals surface area contributed by atoms with Crippen molar-refractivity contribution in [3.05, 3.63) is 46.9 Å². The maximum Gasteiger partial charge on any atom is 0.262 e. The summed E-state index contributed by atoms with van der Waals surface area (Å²) in [6.07, 6.45) is 1.49. The fourth-order valence-corrected chi connectivity index (χ4v) is 2.89. The zero-order valence-electron chi connectivity index (χ0n) is 13.3. The van der Waals surface area contributed by atoms with Crippen molar-refractivity contribution in [2.45, 2.75) is 25.0 Å². The van der Waals surface area contributed by atoms with Crippen LogP contribution in [-0.4, -0.2) is 37.5 Å². The molecule has 0 fully saturated rings. The number of benzene rings is 1. The number of aromatic nitrogens is 4. The second kappa shape index (κ2) is 6.88. The van der Waals surface area contributed by atoms with Crippen LogP contribution in [0.25, 0.3) is 16.7 Å². The molecule has 3 rings (SSSR count). The molecular formula is C16H17N5O2S. The molecule has 0 bridgehead atoms. The fourth-order valence-electron chi connectivity index (χ4n) is 2.22. The van der Waals surface area contributed by atoms with Crippen LogP contribution in [-0.2, 0) is 4.79 Å². The number of nitrogens with zero attached hydrogens (tertiary/aromatic N) is 3. The smallest absolute Gasteiger partial charge is 0.262 e. The van der Waals surface area contributed by atoms with E-state index in [2.05, 4.69) is 20.4 Å². The summed E-state index contributed by atoms with van der Waals surface area (Å²) in [4.78, 5) is 31.1. The summed E-state index contributed by atoms with van der Waals surface area (Å²) in [5.74, 6) is 0.0841. The number of hydrogen-bond acceptors (Lipinski definition) is 5. The van der Waals surface area contributed by atoms with Gasteiger partial charge in [-0.25, -0.2) is 9.67 Å². The summed E-state index contributed by atoms with van der Waals surface area (Å²) in [6.45, 7) is 3.79. The molecule has 24 heavy (non-hydrogen) atoms. The first kappa shape index (κ1) is 16.3. The van der Waals surface area contributed by atoms with Crippen LogP contribution >= 0.6 is 11.8 Å². The molecule has 3 aromatic rings. The van der Waals surface area contributed by atoms with Crippen molar-refractivity contribution in [2.75, 3.05) is 5.75 Å². The highest BCUT2D eigenvalue weighted by Crippen LogP contribution is 2.17. The Bertz CT molecular complexity index is 917.